The van der Waals surface area contributed by atoms with Gasteiger partial charge < -0.3 is 20.5 Å². The molecule has 1 aromatic carbocycles. The van der Waals surface area contributed by atoms with Crippen LogP contribution >= 0.6 is 11.6 Å². The topological polar surface area (TPSA) is 134 Å². The highest BCUT2D eigenvalue weighted by Gasteiger charge is 2.54. The van der Waals surface area contributed by atoms with Gasteiger partial charge in [0.15, 0.2) is 16.6 Å². The van der Waals surface area contributed by atoms with Crippen LogP contribution in [0.5, 0.6) is 11.6 Å². The van der Waals surface area contributed by atoms with E-state index in [1.54, 1.807) is 30.5 Å². The van der Waals surface area contributed by atoms with Gasteiger partial charge >= 0.3 is 0 Å². The van der Waals surface area contributed by atoms with Gasteiger partial charge in [-0.1, -0.05) is 47.1 Å². The minimum absolute atomic E-state index is 0.0265. The molecule has 4 aromatic rings. The molecule has 2 fully saturated rings. The van der Waals surface area contributed by atoms with Crippen LogP contribution in [-0.4, -0.2) is 43.8 Å². The van der Waals surface area contributed by atoms with Crippen molar-refractivity contribution in [3.8, 4) is 11.6 Å². The minimum Gasteiger partial charge on any atom is -0.486 e. The van der Waals surface area contributed by atoms with Gasteiger partial charge in [-0.15, -0.1) is 5.10 Å². The second kappa shape index (κ2) is 9.60. The Hall–Kier alpha value is -4.18. The number of hydrogen-bond acceptors (Lipinski definition) is 7. The molecule has 1 spiro atoms. The summed E-state index contributed by atoms with van der Waals surface area (Å²) >= 11 is 6.49. The van der Waals surface area contributed by atoms with Crippen LogP contribution in [-0.2, 0) is 6.61 Å². The monoisotopic (exact) mass is 532 g/mol. The fourth-order valence-electron chi connectivity index (χ4n) is 5.41. The van der Waals surface area contributed by atoms with Gasteiger partial charge in [0.2, 0.25) is 5.88 Å². The zero-order chi connectivity index (χ0) is 26.3. The molecule has 194 valence electrons. The molecule has 3 heterocycles. The number of hydrogen-bond donors (Lipinski definition) is 2. The summed E-state index contributed by atoms with van der Waals surface area (Å²) < 4.78 is 13.2. The maximum Gasteiger partial charge on any atom is 0.274 e. The SMILES string of the molecule is NC(=O)c1cccnc1OC1CC2(CC(NC(=O)c3nnn4c(Cl)c(OCc5ccccc5)ccc34)C2)C1. The molecule has 0 unspecified atom stereocenters. The molecule has 6 rings (SSSR count). The number of rotatable bonds is 8. The van der Waals surface area contributed by atoms with Crippen molar-refractivity contribution in [2.45, 2.75) is 44.4 Å². The standard InChI is InChI=1S/C27H25ClN6O4/c28-23-21(37-15-16-5-2-1-3-6-16)9-8-20-22(32-33-34(20)23)25(36)31-17-11-27(12-17)13-18(14-27)38-26-19(24(29)35)7-4-10-30-26/h1-10,17-18H,11-15H2,(H2,29,35)(H,31,36). The number of aromatic nitrogens is 4. The number of nitrogens with two attached hydrogens (primary N) is 1. The first kappa shape index (κ1) is 24.2. The van der Waals surface area contributed by atoms with Crippen LogP contribution in [0.3, 0.4) is 0 Å². The van der Waals surface area contributed by atoms with Gasteiger partial charge in [0.1, 0.15) is 23.8 Å². The molecule has 10 nitrogen and oxygen atoms in total. The van der Waals surface area contributed by atoms with Crippen molar-refractivity contribution in [3.63, 3.8) is 0 Å². The maximum absolute atomic E-state index is 13.0. The van der Waals surface area contributed by atoms with Crippen molar-refractivity contribution in [2.24, 2.45) is 11.1 Å². The number of fused-ring (bicyclic) bond motifs is 1. The van der Waals surface area contributed by atoms with Crippen molar-refractivity contribution in [2.75, 3.05) is 0 Å². The minimum atomic E-state index is -0.563. The molecule has 38 heavy (non-hydrogen) atoms. The number of benzene rings is 1. The van der Waals surface area contributed by atoms with Crippen LogP contribution < -0.4 is 20.5 Å². The first-order valence-corrected chi connectivity index (χ1v) is 12.7. The Bertz CT molecular complexity index is 1510. The molecule has 0 bridgehead atoms. The van der Waals surface area contributed by atoms with Gasteiger partial charge in [0.25, 0.3) is 11.8 Å². The van der Waals surface area contributed by atoms with Crippen molar-refractivity contribution in [1.29, 1.82) is 0 Å². The fraction of sp³-hybridized carbons (Fsp3) is 0.296. The van der Waals surface area contributed by atoms with Crippen LogP contribution in [0.15, 0.2) is 60.8 Å². The van der Waals surface area contributed by atoms with E-state index in [2.05, 4.69) is 20.6 Å². The lowest BCUT2D eigenvalue weighted by Crippen LogP contribution is -2.58. The van der Waals surface area contributed by atoms with Gasteiger partial charge in [-0.25, -0.2) is 4.98 Å². The van der Waals surface area contributed by atoms with Crippen molar-refractivity contribution >= 4 is 28.9 Å². The van der Waals surface area contributed by atoms with E-state index in [4.69, 9.17) is 26.8 Å². The number of carbonyl (C=O) groups excluding carboxylic acids is 2. The van der Waals surface area contributed by atoms with E-state index in [1.807, 2.05) is 30.3 Å². The van der Waals surface area contributed by atoms with Gasteiger partial charge in [0.05, 0.1) is 0 Å². The third-order valence-electron chi connectivity index (χ3n) is 7.27. The van der Waals surface area contributed by atoms with E-state index in [0.717, 1.165) is 31.2 Å². The molecule has 0 radical (unpaired) electrons. The number of carbonyl (C=O) groups is 2. The number of primary amides is 1. The van der Waals surface area contributed by atoms with Crippen molar-refractivity contribution in [3.05, 3.63) is 82.8 Å². The molecule has 2 aliphatic rings. The summed E-state index contributed by atoms with van der Waals surface area (Å²) in [6.07, 6.45) is 4.92. The molecular weight excluding hydrogens is 508 g/mol. The maximum atomic E-state index is 13.0. The van der Waals surface area contributed by atoms with E-state index >= 15 is 0 Å². The number of nitrogens with one attached hydrogen (secondary N) is 1. The Morgan fingerprint density at radius 3 is 2.63 bits per heavy atom. The predicted molar refractivity (Wildman–Crippen MR) is 138 cm³/mol. The second-order valence-corrected chi connectivity index (χ2v) is 10.3. The molecule has 2 aliphatic carbocycles. The van der Waals surface area contributed by atoms with E-state index in [0.29, 0.717) is 17.9 Å². The first-order chi connectivity index (χ1) is 18.4. The zero-order valence-corrected chi connectivity index (χ0v) is 21.1. The molecule has 0 aliphatic heterocycles. The molecule has 2 saturated carbocycles. The van der Waals surface area contributed by atoms with E-state index < -0.39 is 5.91 Å². The summed E-state index contributed by atoms with van der Waals surface area (Å²) in [6.45, 7) is 0.359. The highest BCUT2D eigenvalue weighted by Crippen LogP contribution is 2.56. The smallest absolute Gasteiger partial charge is 0.274 e. The highest BCUT2D eigenvalue weighted by atomic mass is 35.5. The summed E-state index contributed by atoms with van der Waals surface area (Å²) in [4.78, 5) is 28.7. The average Bonchev–Trinajstić information content (AvgIpc) is 3.32. The Morgan fingerprint density at radius 1 is 1.08 bits per heavy atom. The Labute approximate surface area is 223 Å². The van der Waals surface area contributed by atoms with Gasteiger partial charge in [-0.3, -0.25) is 9.59 Å². The first-order valence-electron chi connectivity index (χ1n) is 12.3. The molecule has 3 N–H and O–H groups in total. The van der Waals surface area contributed by atoms with Crippen LogP contribution in [0.1, 0.15) is 52.1 Å². The molecule has 0 saturated heterocycles. The van der Waals surface area contributed by atoms with Crippen LogP contribution in [0.4, 0.5) is 0 Å². The number of halogens is 1. The number of nitrogens with zero attached hydrogens (tertiary/aromatic N) is 4. The average molecular weight is 533 g/mol. The molecular formula is C27H25ClN6O4. The highest BCUT2D eigenvalue weighted by molar-refractivity contribution is 6.31. The number of pyridine rings is 2. The van der Waals surface area contributed by atoms with E-state index in [1.165, 1.54) is 4.52 Å². The number of amides is 2. The van der Waals surface area contributed by atoms with Crippen LogP contribution in [0.2, 0.25) is 5.15 Å². The Morgan fingerprint density at radius 2 is 1.87 bits per heavy atom. The fourth-order valence-corrected chi connectivity index (χ4v) is 5.65. The summed E-state index contributed by atoms with van der Waals surface area (Å²) in [5.41, 5.74) is 7.55. The lowest BCUT2D eigenvalue weighted by Gasteiger charge is -2.57. The molecule has 0 atom stereocenters. The summed E-state index contributed by atoms with van der Waals surface area (Å²) in [5.74, 6) is -0.126. The normalized spacial score (nSPS) is 21.9. The number of ether oxygens (including phenoxy) is 2. The quantitative estimate of drug-likeness (QED) is 0.331. The van der Waals surface area contributed by atoms with Crippen LogP contribution in [0.25, 0.3) is 5.52 Å². The summed E-state index contributed by atoms with van der Waals surface area (Å²) in [6, 6.07) is 16.5. The van der Waals surface area contributed by atoms with E-state index in [9.17, 15) is 9.59 Å². The third kappa shape index (κ3) is 4.51. The van der Waals surface area contributed by atoms with Gasteiger partial charge in [-0.05, 0) is 60.9 Å². The van der Waals surface area contributed by atoms with E-state index in [-0.39, 0.29) is 45.8 Å². The zero-order valence-electron chi connectivity index (χ0n) is 20.3. The second-order valence-electron chi connectivity index (χ2n) is 9.94. The molecule has 3 aromatic heterocycles. The van der Waals surface area contributed by atoms with Crippen molar-refractivity contribution in [1.82, 2.24) is 25.1 Å². The predicted octanol–water partition coefficient (Wildman–Crippen LogP) is 3.58. The largest absolute Gasteiger partial charge is 0.486 e. The lowest BCUT2D eigenvalue weighted by atomic mass is 9.53. The third-order valence-corrected chi connectivity index (χ3v) is 7.62. The Kier molecular flexibility index (Phi) is 6.11. The molecule has 2 amide bonds. The summed E-state index contributed by atoms with van der Waals surface area (Å²) in [5, 5.41) is 11.5. The summed E-state index contributed by atoms with van der Waals surface area (Å²) in [7, 11) is 0. The van der Waals surface area contributed by atoms with Gasteiger partial charge in [0, 0.05) is 12.2 Å². The lowest BCUT2D eigenvalue weighted by molar-refractivity contribution is -0.0848. The Balaban J connectivity index is 1.03. The van der Waals surface area contributed by atoms with Gasteiger partial charge in [-0.2, -0.15) is 4.52 Å². The molecule has 11 heteroatoms. The van der Waals surface area contributed by atoms with Crippen molar-refractivity contribution < 1.29 is 19.1 Å². The van der Waals surface area contributed by atoms with Crippen LogP contribution in [0, 0.1) is 5.41 Å².